The highest BCUT2D eigenvalue weighted by Gasteiger charge is 2.18. The number of aromatic nitrogens is 2. The van der Waals surface area contributed by atoms with Gasteiger partial charge < -0.3 is 10.7 Å². The zero-order valence-corrected chi connectivity index (χ0v) is 11.7. The number of nitrogens with zero attached hydrogens (tertiary/aromatic N) is 2. The van der Waals surface area contributed by atoms with Crippen molar-refractivity contribution in [1.29, 1.82) is 0 Å². The van der Waals surface area contributed by atoms with Crippen LogP contribution in [0, 0.1) is 0 Å². The molecule has 0 spiro atoms. The lowest BCUT2D eigenvalue weighted by Crippen LogP contribution is -2.20. The Labute approximate surface area is 107 Å². The molecule has 0 unspecified atom stereocenters. The molecule has 1 heterocycles. The minimum absolute atomic E-state index is 0.0944. The maximum Gasteiger partial charge on any atom is 0.145 e. The van der Waals surface area contributed by atoms with Crippen LogP contribution in [-0.2, 0) is 5.41 Å². The van der Waals surface area contributed by atoms with Crippen LogP contribution in [0.5, 0.6) is 0 Å². The largest absolute Gasteiger partial charge is 0.369 e. The molecule has 0 radical (unpaired) electrons. The predicted molar refractivity (Wildman–Crippen MR) is 75.4 cm³/mol. The molecule has 0 aliphatic rings. The van der Waals surface area contributed by atoms with Crippen molar-refractivity contribution in [2.75, 3.05) is 29.3 Å². The summed E-state index contributed by atoms with van der Waals surface area (Å²) in [6.07, 6.45) is 2.08. The Kier molecular flexibility index (Phi) is 5.02. The molecule has 0 aliphatic heterocycles. The van der Waals surface area contributed by atoms with Crippen molar-refractivity contribution in [3.63, 3.8) is 0 Å². The van der Waals surface area contributed by atoms with E-state index in [0.717, 1.165) is 23.9 Å². The molecule has 6 heteroatoms. The van der Waals surface area contributed by atoms with Gasteiger partial charge in [0.1, 0.15) is 17.5 Å². The Balaban J connectivity index is 2.89. The van der Waals surface area contributed by atoms with Gasteiger partial charge in [-0.25, -0.2) is 15.8 Å². The van der Waals surface area contributed by atoms with Crippen molar-refractivity contribution in [2.45, 2.75) is 26.2 Å². The maximum atomic E-state index is 5.41. The second kappa shape index (κ2) is 6.07. The van der Waals surface area contributed by atoms with Gasteiger partial charge in [0.05, 0.1) is 0 Å². The molecule has 1 aromatic heterocycles. The summed E-state index contributed by atoms with van der Waals surface area (Å²) in [6, 6.07) is 1.82. The van der Waals surface area contributed by atoms with Crippen LogP contribution in [0.15, 0.2) is 6.07 Å². The van der Waals surface area contributed by atoms with Crippen LogP contribution in [0.1, 0.15) is 26.6 Å². The van der Waals surface area contributed by atoms with E-state index in [-0.39, 0.29) is 5.41 Å². The van der Waals surface area contributed by atoms with Gasteiger partial charge >= 0.3 is 0 Å². The SMILES string of the molecule is CSCCNc1cc(NN)nc(C(C)(C)C)n1. The highest BCUT2D eigenvalue weighted by atomic mass is 32.2. The van der Waals surface area contributed by atoms with E-state index in [1.54, 1.807) is 11.8 Å². The zero-order valence-electron chi connectivity index (χ0n) is 10.9. The molecule has 1 rings (SSSR count). The predicted octanol–water partition coefficient (Wildman–Crippen LogP) is 1.83. The van der Waals surface area contributed by atoms with Gasteiger partial charge in [-0.2, -0.15) is 11.8 Å². The van der Waals surface area contributed by atoms with Gasteiger partial charge in [0.15, 0.2) is 0 Å². The highest BCUT2D eigenvalue weighted by molar-refractivity contribution is 7.98. The van der Waals surface area contributed by atoms with Crippen LogP contribution in [0.4, 0.5) is 11.6 Å². The molecule has 0 aliphatic carbocycles. The lowest BCUT2D eigenvalue weighted by atomic mass is 9.96. The van der Waals surface area contributed by atoms with E-state index in [0.29, 0.717) is 5.82 Å². The lowest BCUT2D eigenvalue weighted by molar-refractivity contribution is 0.546. The van der Waals surface area contributed by atoms with Crippen molar-refractivity contribution in [3.05, 3.63) is 11.9 Å². The third-order valence-electron chi connectivity index (χ3n) is 2.16. The average Bonchev–Trinajstić information content (AvgIpc) is 2.28. The van der Waals surface area contributed by atoms with Crippen LogP contribution in [0.3, 0.4) is 0 Å². The number of hydrogen-bond acceptors (Lipinski definition) is 6. The summed E-state index contributed by atoms with van der Waals surface area (Å²) in [5, 5.41) is 3.27. The zero-order chi connectivity index (χ0) is 12.9. The molecule has 0 amide bonds. The van der Waals surface area contributed by atoms with Gasteiger partial charge in [-0.1, -0.05) is 20.8 Å². The van der Waals surface area contributed by atoms with E-state index in [1.165, 1.54) is 0 Å². The van der Waals surface area contributed by atoms with Crippen molar-refractivity contribution in [2.24, 2.45) is 5.84 Å². The summed E-state index contributed by atoms with van der Waals surface area (Å²) in [6.45, 7) is 7.11. The number of anilines is 2. The molecule has 1 aromatic rings. The summed E-state index contributed by atoms with van der Waals surface area (Å²) in [4.78, 5) is 8.86. The van der Waals surface area contributed by atoms with Crippen molar-refractivity contribution < 1.29 is 0 Å². The first-order valence-electron chi connectivity index (χ1n) is 5.56. The standard InChI is InChI=1S/C11H21N5S/c1-11(2,3)10-14-8(13-5-6-17-4)7-9(15-10)16-12/h7H,5-6,12H2,1-4H3,(H2,13,14,15,16). The molecule has 0 bridgehead atoms. The van der Waals surface area contributed by atoms with Gasteiger partial charge in [-0.05, 0) is 6.26 Å². The summed E-state index contributed by atoms with van der Waals surface area (Å²) < 4.78 is 0. The Bertz CT molecular complexity index is 361. The molecule has 0 aromatic carbocycles. The van der Waals surface area contributed by atoms with Gasteiger partial charge in [-0.15, -0.1) is 0 Å². The molecule has 0 atom stereocenters. The van der Waals surface area contributed by atoms with E-state index in [9.17, 15) is 0 Å². The number of nitrogens with one attached hydrogen (secondary N) is 2. The Morgan fingerprint density at radius 1 is 1.29 bits per heavy atom. The Morgan fingerprint density at radius 3 is 2.47 bits per heavy atom. The number of rotatable bonds is 5. The average molecular weight is 255 g/mol. The van der Waals surface area contributed by atoms with E-state index >= 15 is 0 Å². The molecule has 96 valence electrons. The third-order valence-corrected chi connectivity index (χ3v) is 2.77. The van der Waals surface area contributed by atoms with E-state index in [2.05, 4.69) is 47.7 Å². The maximum absolute atomic E-state index is 5.41. The monoisotopic (exact) mass is 255 g/mol. The van der Waals surface area contributed by atoms with E-state index in [1.807, 2.05) is 6.07 Å². The van der Waals surface area contributed by atoms with Gasteiger partial charge in [0.2, 0.25) is 0 Å². The number of nitrogens with two attached hydrogens (primary N) is 1. The Morgan fingerprint density at radius 2 is 1.94 bits per heavy atom. The highest BCUT2D eigenvalue weighted by Crippen LogP contribution is 2.21. The molecular formula is C11H21N5S. The first-order valence-corrected chi connectivity index (χ1v) is 6.95. The third kappa shape index (κ3) is 4.40. The fourth-order valence-corrected chi connectivity index (χ4v) is 1.53. The second-order valence-corrected chi connectivity index (χ2v) is 5.76. The van der Waals surface area contributed by atoms with Gasteiger partial charge in [0, 0.05) is 23.8 Å². The van der Waals surface area contributed by atoms with Gasteiger partial charge in [-0.3, -0.25) is 0 Å². The fourth-order valence-electron chi connectivity index (χ4n) is 1.23. The topological polar surface area (TPSA) is 75.9 Å². The molecule has 17 heavy (non-hydrogen) atoms. The summed E-state index contributed by atoms with van der Waals surface area (Å²) >= 11 is 1.79. The van der Waals surface area contributed by atoms with Crippen LogP contribution in [0.2, 0.25) is 0 Å². The summed E-state index contributed by atoms with van der Waals surface area (Å²) in [5.74, 6) is 8.68. The van der Waals surface area contributed by atoms with Crippen LogP contribution in [0.25, 0.3) is 0 Å². The number of nitrogen functional groups attached to an aromatic ring is 1. The number of thioether (sulfide) groups is 1. The van der Waals surface area contributed by atoms with Gasteiger partial charge in [0.25, 0.3) is 0 Å². The van der Waals surface area contributed by atoms with Crippen LogP contribution >= 0.6 is 11.8 Å². The second-order valence-electron chi connectivity index (χ2n) is 4.78. The number of hydrazine groups is 1. The Hall–Kier alpha value is -1.01. The minimum atomic E-state index is -0.0944. The molecule has 4 N–H and O–H groups in total. The first-order chi connectivity index (χ1) is 7.97. The minimum Gasteiger partial charge on any atom is -0.369 e. The van der Waals surface area contributed by atoms with E-state index in [4.69, 9.17) is 5.84 Å². The number of hydrogen-bond donors (Lipinski definition) is 3. The molecular weight excluding hydrogens is 234 g/mol. The summed E-state index contributed by atoms with van der Waals surface area (Å²) in [7, 11) is 0. The van der Waals surface area contributed by atoms with Crippen molar-refractivity contribution >= 4 is 23.4 Å². The quantitative estimate of drug-likeness (QED) is 0.423. The molecule has 0 fully saturated rings. The molecule has 5 nitrogen and oxygen atoms in total. The first kappa shape index (κ1) is 14.1. The normalized spacial score (nSPS) is 11.4. The summed E-state index contributed by atoms with van der Waals surface area (Å²) in [5.41, 5.74) is 2.48. The molecule has 0 saturated carbocycles. The smallest absolute Gasteiger partial charge is 0.145 e. The van der Waals surface area contributed by atoms with Crippen molar-refractivity contribution in [3.8, 4) is 0 Å². The molecule has 0 saturated heterocycles. The van der Waals surface area contributed by atoms with E-state index < -0.39 is 0 Å². The fraction of sp³-hybridized carbons (Fsp3) is 0.636. The van der Waals surface area contributed by atoms with Crippen molar-refractivity contribution in [1.82, 2.24) is 9.97 Å². The van der Waals surface area contributed by atoms with Crippen LogP contribution < -0.4 is 16.6 Å². The lowest BCUT2D eigenvalue weighted by Gasteiger charge is -2.18. The van der Waals surface area contributed by atoms with Crippen LogP contribution in [-0.4, -0.2) is 28.5 Å².